The minimum absolute atomic E-state index is 0.0981. The fourth-order valence-corrected chi connectivity index (χ4v) is 1.32. The lowest BCUT2D eigenvalue weighted by Crippen LogP contribution is -2.12. The van der Waals surface area contributed by atoms with E-state index >= 15 is 0 Å². The number of hydrogen-bond donors (Lipinski definition) is 1. The summed E-state index contributed by atoms with van der Waals surface area (Å²) in [5.74, 6) is 0.0981. The second-order valence-corrected chi connectivity index (χ2v) is 3.99. The molecular weight excluding hydrogens is 168 g/mol. The molecule has 1 aliphatic rings. The highest BCUT2D eigenvalue weighted by molar-refractivity contribution is 7.95. The van der Waals surface area contributed by atoms with E-state index in [2.05, 4.69) is 4.74 Å². The normalized spacial score (nSPS) is 39.9. The van der Waals surface area contributed by atoms with Crippen LogP contribution in [0.4, 0.5) is 4.79 Å². The predicted molar refractivity (Wildman–Crippen MR) is 30.7 cm³/mol. The van der Waals surface area contributed by atoms with Crippen LogP contribution in [0.3, 0.4) is 0 Å². The molecule has 0 bridgehead atoms. The number of alkyl halides is 1. The van der Waals surface area contributed by atoms with E-state index in [0.717, 1.165) is 0 Å². The van der Waals surface area contributed by atoms with Crippen LogP contribution in [0.1, 0.15) is 0 Å². The number of carboxylic acid groups (broad SMARTS) is 1. The Bertz CT molecular complexity index is 181. The van der Waals surface area contributed by atoms with E-state index in [-0.39, 0.29) is 5.75 Å². The van der Waals surface area contributed by atoms with E-state index in [9.17, 15) is 9.00 Å². The molecule has 0 amide bonds. The van der Waals surface area contributed by atoms with Gasteiger partial charge in [0.1, 0.15) is 0 Å². The fraction of sp³-hybridized carbons (Fsp3) is 0.667. The average molecular weight is 171 g/mol. The predicted octanol–water partition coefficient (Wildman–Crippen LogP) is 0.336. The van der Waals surface area contributed by atoms with Crippen molar-refractivity contribution in [3.05, 3.63) is 0 Å². The van der Waals surface area contributed by atoms with Gasteiger partial charge in [-0.05, 0) is 0 Å². The monoisotopic (exact) mass is 170 g/mol. The fourth-order valence-electron chi connectivity index (χ4n) is 0.333. The summed E-state index contributed by atoms with van der Waals surface area (Å²) in [7, 11) is -1.32. The van der Waals surface area contributed by atoms with E-state index < -0.39 is 21.3 Å². The molecule has 0 spiro atoms. The highest BCUT2D eigenvalue weighted by Gasteiger charge is 2.56. The second kappa shape index (κ2) is 1.85. The quantitative estimate of drug-likeness (QED) is 0.350. The smallest absolute Gasteiger partial charge is 0.450 e. The van der Waals surface area contributed by atoms with Crippen LogP contribution in [-0.4, -0.2) is 25.6 Å². The molecule has 1 aliphatic heterocycles. The third-order valence-corrected chi connectivity index (χ3v) is 2.91. The van der Waals surface area contributed by atoms with Crippen LogP contribution in [0.5, 0.6) is 0 Å². The molecule has 1 N–H and O–H groups in total. The lowest BCUT2D eigenvalue weighted by atomic mass is 10.9. The molecule has 0 aromatic rings. The van der Waals surface area contributed by atoms with Crippen molar-refractivity contribution in [1.29, 1.82) is 0 Å². The standard InChI is InChI=1S/C3H3ClO4S/c4-3(1-9(3)7)8-2(5)6/h1H2,(H,5,6). The maximum absolute atomic E-state index is 10.3. The summed E-state index contributed by atoms with van der Waals surface area (Å²) in [5, 5.41) is 7.97. The number of hydrogen-bond acceptors (Lipinski definition) is 3. The zero-order valence-electron chi connectivity index (χ0n) is 4.17. The van der Waals surface area contributed by atoms with E-state index in [4.69, 9.17) is 16.7 Å². The lowest BCUT2D eigenvalue weighted by molar-refractivity contribution is 0.0833. The molecule has 0 aromatic heterocycles. The summed E-state index contributed by atoms with van der Waals surface area (Å²) in [6, 6.07) is 0. The van der Waals surface area contributed by atoms with Crippen molar-refractivity contribution in [3.8, 4) is 0 Å². The van der Waals surface area contributed by atoms with Gasteiger partial charge in [-0.2, -0.15) is 0 Å². The van der Waals surface area contributed by atoms with Crippen LogP contribution in [0.25, 0.3) is 0 Å². The second-order valence-electron chi connectivity index (χ2n) is 1.52. The molecular formula is C3H3ClO4S. The zero-order chi connectivity index (χ0) is 7.07. The van der Waals surface area contributed by atoms with E-state index in [1.807, 2.05) is 0 Å². The van der Waals surface area contributed by atoms with Crippen molar-refractivity contribution in [3.63, 3.8) is 0 Å². The Hall–Kier alpha value is -0.290. The van der Waals surface area contributed by atoms with Crippen LogP contribution >= 0.6 is 11.6 Å². The first kappa shape index (κ1) is 6.82. The van der Waals surface area contributed by atoms with Gasteiger partial charge in [-0.25, -0.2) is 4.79 Å². The van der Waals surface area contributed by atoms with Gasteiger partial charge in [0.25, 0.3) is 4.39 Å². The summed E-state index contributed by atoms with van der Waals surface area (Å²) in [6.07, 6.45) is -1.49. The zero-order valence-corrected chi connectivity index (χ0v) is 5.74. The molecule has 4 nitrogen and oxygen atoms in total. The Labute approximate surface area is 58.2 Å². The molecule has 9 heavy (non-hydrogen) atoms. The Morgan fingerprint density at radius 3 is 2.44 bits per heavy atom. The van der Waals surface area contributed by atoms with Crippen LogP contribution < -0.4 is 0 Å². The largest absolute Gasteiger partial charge is 0.508 e. The van der Waals surface area contributed by atoms with Crippen molar-refractivity contribution in [2.45, 2.75) is 4.39 Å². The van der Waals surface area contributed by atoms with Gasteiger partial charge in [0.05, 0.1) is 16.6 Å². The van der Waals surface area contributed by atoms with Crippen LogP contribution in [0.15, 0.2) is 0 Å². The minimum atomic E-state index is -1.49. The summed E-state index contributed by atoms with van der Waals surface area (Å²) in [6.45, 7) is 0. The first-order valence-electron chi connectivity index (χ1n) is 2.04. The molecule has 2 unspecified atom stereocenters. The number of halogens is 1. The molecule has 1 heterocycles. The molecule has 2 atom stereocenters. The highest BCUT2D eigenvalue weighted by atomic mass is 35.5. The van der Waals surface area contributed by atoms with Gasteiger partial charge in [0.2, 0.25) is 0 Å². The molecule has 52 valence electrons. The summed E-state index contributed by atoms with van der Waals surface area (Å²) in [4.78, 5) is 9.76. The maximum atomic E-state index is 10.3. The van der Waals surface area contributed by atoms with Crippen molar-refractivity contribution in [1.82, 2.24) is 0 Å². The van der Waals surface area contributed by atoms with Crippen molar-refractivity contribution in [2.75, 3.05) is 5.75 Å². The van der Waals surface area contributed by atoms with Gasteiger partial charge in [0, 0.05) is 0 Å². The van der Waals surface area contributed by atoms with Gasteiger partial charge in [-0.1, -0.05) is 11.6 Å². The Kier molecular flexibility index (Phi) is 1.40. The van der Waals surface area contributed by atoms with E-state index in [1.165, 1.54) is 0 Å². The molecule has 0 saturated carbocycles. The van der Waals surface area contributed by atoms with Gasteiger partial charge in [-0.3, -0.25) is 4.21 Å². The third-order valence-electron chi connectivity index (χ3n) is 0.794. The minimum Gasteiger partial charge on any atom is -0.450 e. The highest BCUT2D eigenvalue weighted by Crippen LogP contribution is 2.37. The molecule has 6 heteroatoms. The average Bonchev–Trinajstić information content (AvgIpc) is 2.10. The van der Waals surface area contributed by atoms with Crippen molar-refractivity contribution >= 4 is 28.6 Å². The summed E-state index contributed by atoms with van der Waals surface area (Å²) < 4.78 is 13.0. The van der Waals surface area contributed by atoms with E-state index in [0.29, 0.717) is 0 Å². The maximum Gasteiger partial charge on any atom is 0.508 e. The van der Waals surface area contributed by atoms with Crippen LogP contribution in [0, 0.1) is 0 Å². The summed E-state index contributed by atoms with van der Waals surface area (Å²) >= 11 is 5.29. The number of rotatable bonds is 1. The first-order chi connectivity index (χ1) is 4.04. The first-order valence-corrected chi connectivity index (χ1v) is 3.73. The molecule has 0 aliphatic carbocycles. The van der Waals surface area contributed by atoms with Gasteiger partial charge >= 0.3 is 6.16 Å². The Balaban J connectivity index is 2.46. The SMILES string of the molecule is O=C(O)OC1(Cl)CS1=O. The Morgan fingerprint density at radius 1 is 1.89 bits per heavy atom. The van der Waals surface area contributed by atoms with Crippen molar-refractivity contribution < 1.29 is 18.8 Å². The molecule has 1 fully saturated rings. The van der Waals surface area contributed by atoms with Crippen LogP contribution in [0.2, 0.25) is 0 Å². The molecule has 0 radical (unpaired) electrons. The molecule has 0 aromatic carbocycles. The number of ether oxygens (including phenoxy) is 1. The lowest BCUT2D eigenvalue weighted by Gasteiger charge is -1.98. The van der Waals surface area contributed by atoms with Gasteiger partial charge < -0.3 is 9.84 Å². The van der Waals surface area contributed by atoms with Gasteiger partial charge in [-0.15, -0.1) is 0 Å². The van der Waals surface area contributed by atoms with Crippen molar-refractivity contribution in [2.24, 2.45) is 0 Å². The number of carbonyl (C=O) groups is 1. The van der Waals surface area contributed by atoms with Crippen LogP contribution in [-0.2, 0) is 15.5 Å². The third kappa shape index (κ3) is 1.34. The van der Waals surface area contributed by atoms with E-state index in [1.54, 1.807) is 0 Å². The Morgan fingerprint density at radius 2 is 2.33 bits per heavy atom. The molecule has 1 rings (SSSR count). The van der Waals surface area contributed by atoms with Gasteiger partial charge in [0.15, 0.2) is 0 Å². The molecule has 1 saturated heterocycles. The summed E-state index contributed by atoms with van der Waals surface area (Å²) in [5.41, 5.74) is 0. The topological polar surface area (TPSA) is 63.6 Å².